The number of nitrogens with one attached hydrogen (secondary N) is 1. The number of aliphatic hydroxyl groups is 1. The van der Waals surface area contributed by atoms with Gasteiger partial charge >= 0.3 is 0 Å². The second-order valence-electron chi connectivity index (χ2n) is 9.04. The van der Waals surface area contributed by atoms with Crippen LogP contribution in [0.4, 0.5) is 0 Å². The maximum atomic E-state index is 12.9. The molecular formula is C24H47NO4SSi. The first-order valence-electron chi connectivity index (χ1n) is 12.5. The van der Waals surface area contributed by atoms with Gasteiger partial charge in [0.25, 0.3) is 0 Å². The van der Waals surface area contributed by atoms with Crippen LogP contribution in [0.2, 0.25) is 18.1 Å². The minimum absolute atomic E-state index is 0.341. The summed E-state index contributed by atoms with van der Waals surface area (Å²) in [5.74, 6) is 0. The van der Waals surface area contributed by atoms with Gasteiger partial charge < -0.3 is 9.52 Å². The van der Waals surface area contributed by atoms with Crippen LogP contribution in [0.1, 0.15) is 104 Å². The van der Waals surface area contributed by atoms with E-state index in [1.165, 1.54) is 32.1 Å². The number of unbranched alkanes of at least 4 members (excludes halogenated alkanes) is 7. The highest BCUT2D eigenvalue weighted by Gasteiger charge is 2.34. The van der Waals surface area contributed by atoms with Crippen molar-refractivity contribution in [2.75, 3.05) is 6.61 Å². The Morgan fingerprint density at radius 2 is 1.52 bits per heavy atom. The fourth-order valence-electron chi connectivity index (χ4n) is 4.39. The lowest BCUT2D eigenvalue weighted by Gasteiger charge is -2.24. The summed E-state index contributed by atoms with van der Waals surface area (Å²) in [6.45, 7) is 10.4. The van der Waals surface area contributed by atoms with Crippen molar-refractivity contribution < 1.29 is 17.9 Å². The highest BCUT2D eigenvalue weighted by molar-refractivity contribution is 7.90. The predicted molar refractivity (Wildman–Crippen MR) is 134 cm³/mol. The van der Waals surface area contributed by atoms with Gasteiger partial charge in [-0.1, -0.05) is 97.2 Å². The maximum Gasteiger partial charge on any atom is 0.217 e. The van der Waals surface area contributed by atoms with Crippen molar-refractivity contribution in [1.82, 2.24) is 4.72 Å². The van der Waals surface area contributed by atoms with Gasteiger partial charge in [0.05, 0.1) is 23.5 Å². The molecule has 2 atom stereocenters. The van der Waals surface area contributed by atoms with Crippen molar-refractivity contribution >= 4 is 23.5 Å². The molecule has 1 rings (SSSR count). The molecule has 0 saturated heterocycles. The Labute approximate surface area is 192 Å². The summed E-state index contributed by atoms with van der Waals surface area (Å²) < 4.78 is 34.4. The van der Waals surface area contributed by atoms with E-state index < -0.39 is 23.3 Å². The number of aliphatic hydroxyl groups excluding tert-OH is 1. The van der Waals surface area contributed by atoms with Gasteiger partial charge in [-0.15, -0.1) is 0 Å². The molecule has 5 nitrogen and oxygen atoms in total. The molecule has 0 spiro atoms. The van der Waals surface area contributed by atoms with Gasteiger partial charge in [-0.05, 0) is 19.4 Å². The van der Waals surface area contributed by atoms with Crippen molar-refractivity contribution in [2.45, 2.75) is 122 Å². The Morgan fingerprint density at radius 3 is 2.03 bits per heavy atom. The molecule has 0 saturated carbocycles. The van der Waals surface area contributed by atoms with E-state index in [0.717, 1.165) is 48.3 Å². The molecule has 2 N–H and O–H groups in total. The van der Waals surface area contributed by atoms with Gasteiger partial charge in [-0.3, -0.25) is 0 Å². The Balaban J connectivity index is 2.61. The molecule has 2 unspecified atom stereocenters. The van der Waals surface area contributed by atoms with Gasteiger partial charge in [-0.25, -0.2) is 13.1 Å². The van der Waals surface area contributed by atoms with Gasteiger partial charge in [0, 0.05) is 11.6 Å². The smallest absolute Gasteiger partial charge is 0.217 e. The highest BCUT2D eigenvalue weighted by Crippen LogP contribution is 2.24. The molecule has 0 amide bonds. The summed E-state index contributed by atoms with van der Waals surface area (Å²) >= 11 is 0. The van der Waals surface area contributed by atoms with E-state index in [4.69, 9.17) is 4.42 Å². The minimum Gasteiger partial charge on any atom is -0.474 e. The van der Waals surface area contributed by atoms with Gasteiger partial charge in [0.2, 0.25) is 10.0 Å². The fourth-order valence-corrected chi connectivity index (χ4v) is 9.21. The monoisotopic (exact) mass is 473 g/mol. The molecule has 0 aromatic carbocycles. The average molecular weight is 474 g/mol. The third kappa shape index (κ3) is 8.67. The second kappa shape index (κ2) is 14.5. The van der Waals surface area contributed by atoms with Crippen molar-refractivity contribution in [3.05, 3.63) is 17.9 Å². The SMILES string of the molecule is CCCCCCCCCCC(CO)S(=O)(=O)NC(C)c1coc([Si](CC)(CC)CC)c1. The first kappa shape index (κ1) is 28.4. The molecule has 7 heteroatoms. The highest BCUT2D eigenvalue weighted by atomic mass is 32.2. The van der Waals surface area contributed by atoms with Crippen LogP contribution >= 0.6 is 0 Å². The molecular weight excluding hydrogens is 426 g/mol. The lowest BCUT2D eigenvalue weighted by atomic mass is 10.1. The zero-order valence-corrected chi connectivity index (χ0v) is 22.4. The largest absolute Gasteiger partial charge is 0.474 e. The van der Waals surface area contributed by atoms with Crippen LogP contribution < -0.4 is 10.1 Å². The molecule has 0 aliphatic rings. The van der Waals surface area contributed by atoms with E-state index >= 15 is 0 Å². The Kier molecular flexibility index (Phi) is 13.3. The third-order valence-electron chi connectivity index (χ3n) is 7.04. The van der Waals surface area contributed by atoms with Crippen molar-refractivity contribution in [3.63, 3.8) is 0 Å². The normalized spacial score (nSPS) is 14.6. The van der Waals surface area contributed by atoms with Gasteiger partial charge in [0.1, 0.15) is 8.07 Å². The topological polar surface area (TPSA) is 79.5 Å². The number of hydrogen-bond donors (Lipinski definition) is 2. The molecule has 0 bridgehead atoms. The molecule has 1 heterocycles. The van der Waals surface area contributed by atoms with E-state index in [1.807, 2.05) is 6.92 Å². The molecule has 0 radical (unpaired) electrons. The molecule has 0 aliphatic carbocycles. The Morgan fingerprint density at radius 1 is 0.968 bits per heavy atom. The quantitative estimate of drug-likeness (QED) is 0.206. The molecule has 0 aliphatic heterocycles. The summed E-state index contributed by atoms with van der Waals surface area (Å²) in [7, 11) is -5.22. The van der Waals surface area contributed by atoms with E-state index in [1.54, 1.807) is 6.26 Å². The zero-order valence-electron chi connectivity index (χ0n) is 20.6. The standard InChI is InChI=1S/C24H47NO4SSi/c1-6-10-11-12-13-14-15-16-17-23(19-26)30(27,28)25-21(5)22-18-24(29-20-22)31(7-2,8-3)9-4/h18,20-21,23,25-26H,6-17,19H2,1-5H3. The molecule has 1 aromatic heterocycles. The summed E-state index contributed by atoms with van der Waals surface area (Å²) in [5.41, 5.74) is 0.870. The zero-order chi connectivity index (χ0) is 23.3. The molecule has 1 aromatic rings. The number of hydrogen-bond acceptors (Lipinski definition) is 4. The van der Waals surface area contributed by atoms with Crippen LogP contribution in [0.5, 0.6) is 0 Å². The van der Waals surface area contributed by atoms with E-state index in [0.29, 0.717) is 6.42 Å². The van der Waals surface area contributed by atoms with Crippen molar-refractivity contribution in [2.24, 2.45) is 0 Å². The summed E-state index contributed by atoms with van der Waals surface area (Å²) in [4.78, 5) is 0. The minimum atomic E-state index is -3.60. The number of sulfonamides is 1. The summed E-state index contributed by atoms with van der Waals surface area (Å²) in [5, 5.41) is 10.0. The van der Waals surface area contributed by atoms with Gasteiger partial charge in [0.15, 0.2) is 0 Å². The van der Waals surface area contributed by atoms with Crippen LogP contribution in [0.3, 0.4) is 0 Å². The van der Waals surface area contributed by atoms with E-state index in [2.05, 4.69) is 38.5 Å². The Bertz CT molecular complexity index is 692. The predicted octanol–water partition coefficient (Wildman–Crippen LogP) is 5.87. The summed E-state index contributed by atoms with van der Waals surface area (Å²) in [6.07, 6.45) is 11.5. The van der Waals surface area contributed by atoms with Gasteiger partial charge in [-0.2, -0.15) is 0 Å². The van der Waals surface area contributed by atoms with Crippen LogP contribution in [0.15, 0.2) is 16.7 Å². The fraction of sp³-hybridized carbons (Fsp3) is 0.833. The van der Waals surface area contributed by atoms with Crippen LogP contribution in [0, 0.1) is 0 Å². The lowest BCUT2D eigenvalue weighted by Crippen LogP contribution is -2.45. The first-order valence-corrected chi connectivity index (χ1v) is 16.7. The summed E-state index contributed by atoms with van der Waals surface area (Å²) in [6, 6.07) is 5.06. The first-order chi connectivity index (χ1) is 14.8. The lowest BCUT2D eigenvalue weighted by molar-refractivity contribution is 0.282. The number of rotatable bonds is 18. The Hall–Kier alpha value is -0.633. The second-order valence-corrected chi connectivity index (χ2v) is 16.2. The average Bonchev–Trinajstić information content (AvgIpc) is 3.25. The molecule has 182 valence electrons. The van der Waals surface area contributed by atoms with Crippen LogP contribution in [0.25, 0.3) is 0 Å². The van der Waals surface area contributed by atoms with E-state index in [9.17, 15) is 13.5 Å². The molecule has 31 heavy (non-hydrogen) atoms. The molecule has 0 fully saturated rings. The third-order valence-corrected chi connectivity index (χ3v) is 14.3. The van der Waals surface area contributed by atoms with E-state index in [-0.39, 0.29) is 12.6 Å². The number of furan rings is 1. The van der Waals surface area contributed by atoms with Crippen molar-refractivity contribution in [1.29, 1.82) is 0 Å². The van der Waals surface area contributed by atoms with Crippen LogP contribution in [-0.2, 0) is 10.0 Å². The van der Waals surface area contributed by atoms with Crippen LogP contribution in [-0.4, -0.2) is 33.5 Å². The maximum absolute atomic E-state index is 12.9. The van der Waals surface area contributed by atoms with Crippen molar-refractivity contribution in [3.8, 4) is 0 Å².